The van der Waals surface area contributed by atoms with Gasteiger partial charge in [-0.2, -0.15) is 5.10 Å². The van der Waals surface area contributed by atoms with Crippen LogP contribution < -0.4 is 5.32 Å². The molecule has 0 aliphatic carbocycles. The number of sulfone groups is 1. The number of rotatable bonds is 5. The van der Waals surface area contributed by atoms with Gasteiger partial charge in [0.1, 0.15) is 28.2 Å². The molecule has 9 heteroatoms. The van der Waals surface area contributed by atoms with E-state index in [9.17, 15) is 8.42 Å². The van der Waals surface area contributed by atoms with Crippen molar-refractivity contribution >= 4 is 15.7 Å². The molecule has 0 amide bonds. The van der Waals surface area contributed by atoms with Crippen molar-refractivity contribution in [2.45, 2.75) is 32.2 Å². The summed E-state index contributed by atoms with van der Waals surface area (Å²) in [6, 6.07) is 0. The molecule has 0 aromatic carbocycles. The number of aryl methyl sites for hydroxylation is 3. The highest BCUT2D eigenvalue weighted by molar-refractivity contribution is 7.90. The molecule has 114 valence electrons. The molecule has 21 heavy (non-hydrogen) atoms. The number of anilines is 1. The van der Waals surface area contributed by atoms with Gasteiger partial charge >= 0.3 is 0 Å². The lowest BCUT2D eigenvalue weighted by atomic mass is 10.5. The molecule has 0 saturated heterocycles. The zero-order valence-corrected chi connectivity index (χ0v) is 13.3. The average Bonchev–Trinajstić information content (AvgIpc) is 2.66. The molecule has 0 saturated carbocycles. The van der Waals surface area contributed by atoms with E-state index in [1.165, 1.54) is 6.20 Å². The van der Waals surface area contributed by atoms with Crippen molar-refractivity contribution in [3.8, 4) is 0 Å². The Morgan fingerprint density at radius 2 is 1.90 bits per heavy atom. The molecule has 0 fully saturated rings. The first-order valence-electron chi connectivity index (χ1n) is 6.43. The molecule has 0 spiro atoms. The Bertz CT molecular complexity index is 753. The summed E-state index contributed by atoms with van der Waals surface area (Å²) in [4.78, 5) is 12.4. The van der Waals surface area contributed by atoms with Gasteiger partial charge in [0.2, 0.25) is 0 Å². The minimum atomic E-state index is -3.37. The third kappa shape index (κ3) is 3.75. The van der Waals surface area contributed by atoms with Crippen LogP contribution in [-0.2, 0) is 16.4 Å². The molecule has 0 atom stereocenters. The Balaban J connectivity index is 2.13. The van der Waals surface area contributed by atoms with Crippen molar-refractivity contribution in [2.75, 3.05) is 18.1 Å². The van der Waals surface area contributed by atoms with Crippen molar-refractivity contribution < 1.29 is 8.42 Å². The normalized spacial score (nSPS) is 11.6. The lowest BCUT2D eigenvalue weighted by Gasteiger charge is -2.10. The largest absolute Gasteiger partial charge is 0.367 e. The molecule has 0 radical (unpaired) electrons. The first-order chi connectivity index (χ1) is 9.77. The van der Waals surface area contributed by atoms with E-state index in [1.54, 1.807) is 11.6 Å². The second-order valence-electron chi connectivity index (χ2n) is 4.76. The summed E-state index contributed by atoms with van der Waals surface area (Å²) < 4.78 is 25.2. The maximum atomic E-state index is 11.7. The van der Waals surface area contributed by atoms with Crippen LogP contribution >= 0.6 is 0 Å². The molecule has 1 N–H and O–H groups in total. The highest BCUT2D eigenvalue weighted by Gasteiger charge is 2.15. The van der Waals surface area contributed by atoms with Gasteiger partial charge in [-0.05, 0) is 20.8 Å². The minimum absolute atomic E-state index is 0.0968. The van der Waals surface area contributed by atoms with Crippen molar-refractivity contribution in [1.82, 2.24) is 24.7 Å². The molecule has 0 aliphatic rings. The van der Waals surface area contributed by atoms with E-state index in [-0.39, 0.29) is 4.90 Å². The van der Waals surface area contributed by atoms with Gasteiger partial charge in [-0.1, -0.05) is 0 Å². The van der Waals surface area contributed by atoms with E-state index < -0.39 is 9.84 Å². The fourth-order valence-corrected chi connectivity index (χ4v) is 2.62. The Labute approximate surface area is 123 Å². The van der Waals surface area contributed by atoms with E-state index in [1.807, 2.05) is 13.8 Å². The molecule has 8 nitrogen and oxygen atoms in total. The van der Waals surface area contributed by atoms with E-state index in [0.29, 0.717) is 30.6 Å². The van der Waals surface area contributed by atoms with Crippen molar-refractivity contribution in [2.24, 2.45) is 0 Å². The monoisotopic (exact) mass is 310 g/mol. The van der Waals surface area contributed by atoms with Gasteiger partial charge in [0, 0.05) is 12.8 Å². The summed E-state index contributed by atoms with van der Waals surface area (Å²) in [6.07, 6.45) is 2.46. The number of nitrogens with zero attached hydrogens (tertiary/aromatic N) is 5. The van der Waals surface area contributed by atoms with Crippen molar-refractivity contribution in [1.29, 1.82) is 0 Å². The van der Waals surface area contributed by atoms with Gasteiger partial charge in [-0.3, -0.25) is 0 Å². The zero-order chi connectivity index (χ0) is 15.6. The van der Waals surface area contributed by atoms with Gasteiger partial charge in [0.15, 0.2) is 9.84 Å². The fourth-order valence-electron chi connectivity index (χ4n) is 1.91. The molecular weight excluding hydrogens is 292 g/mol. The molecule has 2 aromatic heterocycles. The lowest BCUT2D eigenvalue weighted by molar-refractivity contribution is 0.599. The molecular formula is C12H18N6O2S. The SMILES string of the molecule is Cc1ncc(S(C)(=O)=O)c(NCCn2nc(C)nc2C)n1. The Morgan fingerprint density at radius 3 is 2.48 bits per heavy atom. The molecule has 0 bridgehead atoms. The van der Waals surface area contributed by atoms with Crippen LogP contribution in [0, 0.1) is 20.8 Å². The predicted molar refractivity (Wildman–Crippen MR) is 77.9 cm³/mol. The topological polar surface area (TPSA) is 103 Å². The maximum Gasteiger partial charge on any atom is 0.180 e. The maximum absolute atomic E-state index is 11.7. The van der Waals surface area contributed by atoms with Gasteiger partial charge in [0.05, 0.1) is 12.7 Å². The standard InChI is InChI=1S/C12H18N6O2S/c1-8-14-7-11(21(4,19)20)12(16-8)13-5-6-18-10(3)15-9(2)17-18/h7H,5-6H2,1-4H3,(H,13,14,16). The van der Waals surface area contributed by atoms with E-state index in [2.05, 4.69) is 25.4 Å². The summed E-state index contributed by atoms with van der Waals surface area (Å²) in [5.41, 5.74) is 0. The van der Waals surface area contributed by atoms with Crippen molar-refractivity contribution in [3.05, 3.63) is 23.7 Å². The summed E-state index contributed by atoms with van der Waals surface area (Å²) in [5.74, 6) is 2.36. The van der Waals surface area contributed by atoms with Gasteiger partial charge < -0.3 is 5.32 Å². The third-order valence-corrected chi connectivity index (χ3v) is 3.95. The first kappa shape index (κ1) is 15.4. The Hall–Kier alpha value is -2.03. The quantitative estimate of drug-likeness (QED) is 0.858. The molecule has 2 heterocycles. The van der Waals surface area contributed by atoms with Crippen LogP contribution in [0.2, 0.25) is 0 Å². The number of hydrogen-bond acceptors (Lipinski definition) is 7. The van der Waals surface area contributed by atoms with Crippen LogP contribution in [0.15, 0.2) is 11.1 Å². The van der Waals surface area contributed by atoms with E-state index in [4.69, 9.17) is 0 Å². The van der Waals surface area contributed by atoms with Crippen LogP contribution in [0.25, 0.3) is 0 Å². The van der Waals surface area contributed by atoms with Crippen LogP contribution in [0.1, 0.15) is 17.5 Å². The Morgan fingerprint density at radius 1 is 1.19 bits per heavy atom. The number of aromatic nitrogens is 5. The summed E-state index contributed by atoms with van der Waals surface area (Å²) >= 11 is 0. The molecule has 0 aliphatic heterocycles. The third-order valence-electron chi connectivity index (χ3n) is 2.85. The van der Waals surface area contributed by atoms with E-state index >= 15 is 0 Å². The van der Waals surface area contributed by atoms with E-state index in [0.717, 1.165) is 12.1 Å². The highest BCUT2D eigenvalue weighted by atomic mass is 32.2. The molecule has 2 aromatic rings. The van der Waals surface area contributed by atoms with Crippen LogP contribution in [-0.4, -0.2) is 46.0 Å². The second-order valence-corrected chi connectivity index (χ2v) is 6.74. The summed E-state index contributed by atoms with van der Waals surface area (Å²) in [5, 5.41) is 7.27. The zero-order valence-electron chi connectivity index (χ0n) is 12.5. The lowest BCUT2D eigenvalue weighted by Crippen LogP contribution is -2.16. The second kappa shape index (κ2) is 5.76. The first-order valence-corrected chi connectivity index (χ1v) is 8.32. The minimum Gasteiger partial charge on any atom is -0.367 e. The molecule has 0 unspecified atom stereocenters. The van der Waals surface area contributed by atoms with Crippen molar-refractivity contribution in [3.63, 3.8) is 0 Å². The summed E-state index contributed by atoms with van der Waals surface area (Å²) in [7, 11) is -3.37. The predicted octanol–water partition coefficient (Wildman–Crippen LogP) is 0.509. The summed E-state index contributed by atoms with van der Waals surface area (Å²) in [6.45, 7) is 6.47. The van der Waals surface area contributed by atoms with Gasteiger partial charge in [-0.25, -0.2) is 28.1 Å². The number of nitrogens with one attached hydrogen (secondary N) is 1. The number of hydrogen-bond donors (Lipinski definition) is 1. The van der Waals surface area contributed by atoms with Gasteiger partial charge in [-0.15, -0.1) is 0 Å². The average molecular weight is 310 g/mol. The van der Waals surface area contributed by atoms with Crippen LogP contribution in [0.4, 0.5) is 5.82 Å². The highest BCUT2D eigenvalue weighted by Crippen LogP contribution is 2.17. The van der Waals surface area contributed by atoms with Gasteiger partial charge in [0.25, 0.3) is 0 Å². The Kier molecular flexibility index (Phi) is 4.21. The smallest absolute Gasteiger partial charge is 0.180 e. The fraction of sp³-hybridized carbons (Fsp3) is 0.500. The van der Waals surface area contributed by atoms with Crippen LogP contribution in [0.3, 0.4) is 0 Å². The molecule has 2 rings (SSSR count). The van der Waals surface area contributed by atoms with Crippen LogP contribution in [0.5, 0.6) is 0 Å².